The molecule has 0 atom stereocenters. The zero-order valence-corrected chi connectivity index (χ0v) is 11.7. The Balaban J connectivity index is 1.82. The average molecular weight is 280 g/mol. The summed E-state index contributed by atoms with van der Waals surface area (Å²) in [6.07, 6.45) is 1.78. The van der Waals surface area contributed by atoms with E-state index >= 15 is 0 Å². The number of aromatic hydroxyl groups is 1. The minimum Gasteiger partial charge on any atom is -0.504 e. The van der Waals surface area contributed by atoms with E-state index in [1.54, 1.807) is 18.3 Å². The average Bonchev–Trinajstić information content (AvgIpc) is 2.53. The molecule has 106 valence electrons. The number of hydrogen-bond acceptors (Lipinski definition) is 4. The maximum atomic E-state index is 9.80. The highest BCUT2D eigenvalue weighted by Crippen LogP contribution is 2.27. The number of aromatic nitrogens is 1. The monoisotopic (exact) mass is 280 g/mol. The zero-order chi connectivity index (χ0) is 14.7. The molecule has 0 amide bonds. The van der Waals surface area contributed by atoms with E-state index in [9.17, 15) is 5.11 Å². The molecule has 0 aliphatic rings. The molecule has 21 heavy (non-hydrogen) atoms. The summed E-state index contributed by atoms with van der Waals surface area (Å²) >= 11 is 0. The SMILES string of the molecule is COc1ccc(CNc2cccc3cccnc23)cc1O. The van der Waals surface area contributed by atoms with Gasteiger partial charge in [-0.3, -0.25) is 4.98 Å². The van der Waals surface area contributed by atoms with Crippen LogP contribution in [0.5, 0.6) is 11.5 Å². The highest BCUT2D eigenvalue weighted by Gasteiger charge is 2.04. The predicted octanol–water partition coefficient (Wildman–Crippen LogP) is 3.56. The summed E-state index contributed by atoms with van der Waals surface area (Å²) in [5.41, 5.74) is 2.89. The third kappa shape index (κ3) is 2.74. The molecule has 3 aromatic rings. The quantitative estimate of drug-likeness (QED) is 0.767. The predicted molar refractivity (Wildman–Crippen MR) is 83.7 cm³/mol. The standard InChI is InChI=1S/C17H16N2O2/c1-21-16-8-7-12(10-15(16)20)11-19-14-6-2-4-13-5-3-9-18-17(13)14/h2-10,19-20H,11H2,1H3. The van der Waals surface area contributed by atoms with E-state index < -0.39 is 0 Å². The van der Waals surface area contributed by atoms with Crippen molar-refractivity contribution in [3.63, 3.8) is 0 Å². The second-order valence-corrected chi connectivity index (χ2v) is 4.74. The van der Waals surface area contributed by atoms with Crippen molar-refractivity contribution in [2.45, 2.75) is 6.54 Å². The van der Waals surface area contributed by atoms with Gasteiger partial charge in [-0.05, 0) is 29.8 Å². The lowest BCUT2D eigenvalue weighted by Crippen LogP contribution is -2.00. The molecule has 0 bridgehead atoms. The van der Waals surface area contributed by atoms with Crippen molar-refractivity contribution in [3.8, 4) is 11.5 Å². The summed E-state index contributed by atoms with van der Waals surface area (Å²) in [7, 11) is 1.54. The first-order valence-corrected chi connectivity index (χ1v) is 6.71. The Labute approximate surface area is 123 Å². The number of phenolic OH excluding ortho intramolecular Hbond substituents is 1. The molecule has 3 rings (SSSR count). The van der Waals surface area contributed by atoms with Gasteiger partial charge in [-0.25, -0.2) is 0 Å². The van der Waals surface area contributed by atoms with Crippen molar-refractivity contribution in [3.05, 3.63) is 60.3 Å². The molecule has 0 aliphatic heterocycles. The lowest BCUT2D eigenvalue weighted by Gasteiger charge is -2.10. The van der Waals surface area contributed by atoms with E-state index in [0.29, 0.717) is 12.3 Å². The summed E-state index contributed by atoms with van der Waals surface area (Å²) < 4.78 is 5.04. The number of nitrogens with one attached hydrogen (secondary N) is 1. The van der Waals surface area contributed by atoms with Crippen LogP contribution in [-0.4, -0.2) is 17.2 Å². The van der Waals surface area contributed by atoms with E-state index in [4.69, 9.17) is 4.74 Å². The van der Waals surface area contributed by atoms with Gasteiger partial charge in [0.2, 0.25) is 0 Å². The Morgan fingerprint density at radius 1 is 1.14 bits per heavy atom. The van der Waals surface area contributed by atoms with Gasteiger partial charge in [0.15, 0.2) is 11.5 Å². The van der Waals surface area contributed by atoms with Crippen LogP contribution in [0.3, 0.4) is 0 Å². The van der Waals surface area contributed by atoms with E-state index in [1.807, 2.05) is 36.4 Å². The molecule has 2 aromatic carbocycles. The highest BCUT2D eigenvalue weighted by atomic mass is 16.5. The molecule has 1 aromatic heterocycles. The van der Waals surface area contributed by atoms with Gasteiger partial charge >= 0.3 is 0 Å². The number of anilines is 1. The van der Waals surface area contributed by atoms with Crippen LogP contribution in [-0.2, 0) is 6.54 Å². The van der Waals surface area contributed by atoms with Crippen molar-refractivity contribution in [2.24, 2.45) is 0 Å². The number of ether oxygens (including phenoxy) is 1. The van der Waals surface area contributed by atoms with E-state index in [0.717, 1.165) is 22.2 Å². The van der Waals surface area contributed by atoms with Gasteiger partial charge in [-0.15, -0.1) is 0 Å². The minimum atomic E-state index is 0.146. The molecule has 0 radical (unpaired) electrons. The fourth-order valence-corrected chi connectivity index (χ4v) is 2.29. The maximum Gasteiger partial charge on any atom is 0.160 e. The molecule has 0 saturated heterocycles. The topological polar surface area (TPSA) is 54.4 Å². The lowest BCUT2D eigenvalue weighted by atomic mass is 10.1. The number of hydrogen-bond donors (Lipinski definition) is 2. The Bertz CT molecular complexity index is 766. The van der Waals surface area contributed by atoms with Gasteiger partial charge in [0, 0.05) is 18.1 Å². The molecule has 0 saturated carbocycles. The minimum absolute atomic E-state index is 0.146. The smallest absolute Gasteiger partial charge is 0.160 e. The maximum absolute atomic E-state index is 9.80. The van der Waals surface area contributed by atoms with Crippen LogP contribution >= 0.6 is 0 Å². The molecule has 0 fully saturated rings. The van der Waals surface area contributed by atoms with Gasteiger partial charge in [0.05, 0.1) is 18.3 Å². The summed E-state index contributed by atoms with van der Waals surface area (Å²) in [6, 6.07) is 15.4. The molecule has 2 N–H and O–H groups in total. The Kier molecular flexibility index (Phi) is 3.60. The van der Waals surface area contributed by atoms with Gasteiger partial charge in [-0.1, -0.05) is 24.3 Å². The molecular weight excluding hydrogens is 264 g/mol. The first kappa shape index (κ1) is 13.2. The molecule has 4 nitrogen and oxygen atoms in total. The normalized spacial score (nSPS) is 10.5. The van der Waals surface area contributed by atoms with Crippen LogP contribution in [0.1, 0.15) is 5.56 Å². The zero-order valence-electron chi connectivity index (χ0n) is 11.7. The van der Waals surface area contributed by atoms with E-state index in [2.05, 4.69) is 10.3 Å². The number of phenols is 1. The van der Waals surface area contributed by atoms with Crippen molar-refractivity contribution in [2.75, 3.05) is 12.4 Å². The molecule has 4 heteroatoms. The number of fused-ring (bicyclic) bond motifs is 1. The van der Waals surface area contributed by atoms with Gasteiger partial charge in [-0.2, -0.15) is 0 Å². The van der Waals surface area contributed by atoms with Gasteiger partial charge in [0.1, 0.15) is 0 Å². The second kappa shape index (κ2) is 5.71. The van der Waals surface area contributed by atoms with Gasteiger partial charge < -0.3 is 15.2 Å². The van der Waals surface area contributed by atoms with Crippen molar-refractivity contribution in [1.82, 2.24) is 4.98 Å². The van der Waals surface area contributed by atoms with Crippen molar-refractivity contribution >= 4 is 16.6 Å². The second-order valence-electron chi connectivity index (χ2n) is 4.74. The fourth-order valence-electron chi connectivity index (χ4n) is 2.29. The largest absolute Gasteiger partial charge is 0.504 e. The van der Waals surface area contributed by atoms with Crippen LogP contribution in [0.25, 0.3) is 10.9 Å². The first-order chi connectivity index (χ1) is 10.3. The number of rotatable bonds is 4. The summed E-state index contributed by atoms with van der Waals surface area (Å²) in [5.74, 6) is 0.624. The Hall–Kier alpha value is -2.75. The molecule has 0 unspecified atom stereocenters. The number of pyridine rings is 1. The lowest BCUT2D eigenvalue weighted by molar-refractivity contribution is 0.373. The molecule has 1 heterocycles. The summed E-state index contributed by atoms with van der Waals surface area (Å²) in [6.45, 7) is 0.604. The van der Waals surface area contributed by atoms with Crippen LogP contribution in [0.15, 0.2) is 54.7 Å². The van der Waals surface area contributed by atoms with E-state index in [-0.39, 0.29) is 5.75 Å². The Morgan fingerprint density at radius 2 is 2.00 bits per heavy atom. The first-order valence-electron chi connectivity index (χ1n) is 6.71. The van der Waals surface area contributed by atoms with Crippen LogP contribution < -0.4 is 10.1 Å². The number of para-hydroxylation sites is 1. The van der Waals surface area contributed by atoms with Crippen molar-refractivity contribution < 1.29 is 9.84 Å². The van der Waals surface area contributed by atoms with Crippen LogP contribution in [0.2, 0.25) is 0 Å². The third-order valence-corrected chi connectivity index (χ3v) is 3.36. The molecule has 0 aliphatic carbocycles. The number of nitrogens with zero attached hydrogens (tertiary/aromatic N) is 1. The number of benzene rings is 2. The van der Waals surface area contributed by atoms with Crippen LogP contribution in [0.4, 0.5) is 5.69 Å². The fraction of sp³-hybridized carbons (Fsp3) is 0.118. The van der Waals surface area contributed by atoms with Crippen molar-refractivity contribution in [1.29, 1.82) is 0 Å². The Morgan fingerprint density at radius 3 is 2.81 bits per heavy atom. The third-order valence-electron chi connectivity index (χ3n) is 3.36. The number of methoxy groups -OCH3 is 1. The summed E-state index contributed by atoms with van der Waals surface area (Å²) in [4.78, 5) is 4.41. The molecular formula is C17H16N2O2. The van der Waals surface area contributed by atoms with Gasteiger partial charge in [0.25, 0.3) is 0 Å². The molecule has 0 spiro atoms. The highest BCUT2D eigenvalue weighted by molar-refractivity contribution is 5.90. The van der Waals surface area contributed by atoms with Crippen LogP contribution in [0, 0.1) is 0 Å². The summed E-state index contributed by atoms with van der Waals surface area (Å²) in [5, 5.41) is 14.2. The van der Waals surface area contributed by atoms with E-state index in [1.165, 1.54) is 7.11 Å².